The first-order valence-electron chi connectivity index (χ1n) is 13.6. The molecule has 10 heteroatoms. The van der Waals surface area contributed by atoms with Crippen molar-refractivity contribution in [2.24, 2.45) is 5.41 Å². The number of benzene rings is 1. The van der Waals surface area contributed by atoms with Crippen LogP contribution < -0.4 is 5.46 Å². The highest BCUT2D eigenvalue weighted by Gasteiger charge is 2.56. The third-order valence-electron chi connectivity index (χ3n) is 8.38. The summed E-state index contributed by atoms with van der Waals surface area (Å²) in [7, 11) is -0.539. The minimum atomic E-state index is -0.539. The highest BCUT2D eigenvalue weighted by Crippen LogP contribution is 2.56. The third kappa shape index (κ3) is 4.70. The van der Waals surface area contributed by atoms with Crippen molar-refractivity contribution in [1.29, 1.82) is 0 Å². The molecule has 5 rings (SSSR count). The first kappa shape index (κ1) is 27.0. The molecule has 1 aliphatic carbocycles. The summed E-state index contributed by atoms with van der Waals surface area (Å²) in [5, 5.41) is 5.95. The van der Waals surface area contributed by atoms with Gasteiger partial charge in [-0.1, -0.05) is 12.1 Å². The Labute approximate surface area is 225 Å². The Morgan fingerprint density at radius 3 is 2.32 bits per heavy atom. The van der Waals surface area contributed by atoms with Crippen molar-refractivity contribution in [3.05, 3.63) is 23.9 Å². The van der Waals surface area contributed by atoms with Gasteiger partial charge in [0.25, 0.3) is 0 Å². The lowest BCUT2D eigenvalue weighted by molar-refractivity contribution is -0.143. The number of hydrogen-bond donors (Lipinski definition) is 0. The smallest absolute Gasteiger partial charge is 0.465 e. The van der Waals surface area contributed by atoms with Crippen LogP contribution in [0.2, 0.25) is 0 Å². The number of carbonyl (C=O) groups excluding carboxylic acids is 2. The zero-order chi connectivity index (χ0) is 27.7. The van der Waals surface area contributed by atoms with Crippen LogP contribution in [0.4, 0.5) is 4.79 Å². The van der Waals surface area contributed by atoms with Crippen molar-refractivity contribution in [3.63, 3.8) is 0 Å². The van der Waals surface area contributed by atoms with Crippen LogP contribution in [0.25, 0.3) is 10.9 Å². The van der Waals surface area contributed by atoms with Gasteiger partial charge in [0.2, 0.25) is 0 Å². The summed E-state index contributed by atoms with van der Waals surface area (Å²) in [6.45, 7) is 17.4. The Bertz CT molecular complexity index is 1230. The molecule has 2 saturated heterocycles. The van der Waals surface area contributed by atoms with Crippen LogP contribution in [-0.4, -0.2) is 70.4 Å². The summed E-state index contributed by atoms with van der Waals surface area (Å²) in [6.07, 6.45) is 1.60. The molecule has 2 aromatic rings. The molecular formula is C28H40BN3O6. The molecule has 0 bridgehead atoms. The van der Waals surface area contributed by atoms with Crippen LogP contribution in [0.1, 0.15) is 79.8 Å². The molecule has 1 saturated carbocycles. The first-order chi connectivity index (χ1) is 17.6. The lowest BCUT2D eigenvalue weighted by Gasteiger charge is -2.58. The van der Waals surface area contributed by atoms with Crippen LogP contribution >= 0.6 is 0 Å². The van der Waals surface area contributed by atoms with Gasteiger partial charge in [0, 0.05) is 29.8 Å². The maximum absolute atomic E-state index is 12.5. The maximum atomic E-state index is 12.5. The summed E-state index contributed by atoms with van der Waals surface area (Å²) in [5.41, 5.74) is 1.39. The van der Waals surface area contributed by atoms with Crippen LogP contribution in [-0.2, 0) is 30.1 Å². The molecule has 1 aromatic heterocycles. The quantitative estimate of drug-likeness (QED) is 0.430. The number of rotatable bonds is 5. The van der Waals surface area contributed by atoms with E-state index in [1.807, 2.05) is 66.7 Å². The molecule has 38 heavy (non-hydrogen) atoms. The number of hydrogen-bond acceptors (Lipinski definition) is 7. The second-order valence-corrected chi connectivity index (χ2v) is 13.1. The van der Waals surface area contributed by atoms with Gasteiger partial charge in [-0.3, -0.25) is 9.48 Å². The second kappa shape index (κ2) is 8.98. The van der Waals surface area contributed by atoms with Crippen molar-refractivity contribution >= 4 is 35.5 Å². The van der Waals surface area contributed by atoms with E-state index in [2.05, 4.69) is 0 Å². The predicted octanol–water partition coefficient (Wildman–Crippen LogP) is 4.01. The van der Waals surface area contributed by atoms with Gasteiger partial charge in [-0.15, -0.1) is 0 Å². The maximum Gasteiger partial charge on any atom is 0.495 e. The molecule has 0 atom stereocenters. The molecule has 0 unspecified atom stereocenters. The third-order valence-corrected chi connectivity index (χ3v) is 8.38. The van der Waals surface area contributed by atoms with Crippen LogP contribution in [0.15, 0.2) is 18.2 Å². The van der Waals surface area contributed by atoms with Gasteiger partial charge in [0.1, 0.15) is 12.1 Å². The predicted molar refractivity (Wildman–Crippen MR) is 144 cm³/mol. The fourth-order valence-corrected chi connectivity index (χ4v) is 5.84. The summed E-state index contributed by atoms with van der Waals surface area (Å²) >= 11 is 0. The van der Waals surface area contributed by atoms with Crippen molar-refractivity contribution in [2.75, 3.05) is 19.7 Å². The number of ether oxygens (including phenoxy) is 2. The van der Waals surface area contributed by atoms with E-state index in [1.165, 1.54) is 0 Å². The molecule has 3 heterocycles. The molecule has 1 amide bonds. The van der Waals surface area contributed by atoms with E-state index >= 15 is 0 Å². The molecular weight excluding hydrogens is 485 g/mol. The number of esters is 1. The Kier molecular flexibility index (Phi) is 6.38. The Balaban J connectivity index is 1.42. The van der Waals surface area contributed by atoms with Gasteiger partial charge >= 0.3 is 19.2 Å². The van der Waals surface area contributed by atoms with Crippen LogP contribution in [0.5, 0.6) is 0 Å². The standard InChI is InChI=1S/C28H40BN3O6/c1-9-35-21(33)15-32-20-12-10-11-19(29-37-26(5,6)27(7,8)38-29)22(20)23(30-32)18-13-28(14-18)16-31(17-28)24(34)36-25(2,3)4/h10-12,18H,9,13-17H2,1-8H3. The highest BCUT2D eigenvalue weighted by atomic mass is 16.7. The van der Waals surface area contributed by atoms with Crippen molar-refractivity contribution in [1.82, 2.24) is 14.7 Å². The van der Waals surface area contributed by atoms with Gasteiger partial charge in [0.15, 0.2) is 0 Å². The van der Waals surface area contributed by atoms with Crippen molar-refractivity contribution in [2.45, 2.75) is 97.5 Å². The minimum absolute atomic E-state index is 0.0431. The van der Waals surface area contributed by atoms with E-state index in [-0.39, 0.29) is 29.9 Å². The highest BCUT2D eigenvalue weighted by molar-refractivity contribution is 6.65. The van der Waals surface area contributed by atoms with Crippen LogP contribution in [0, 0.1) is 5.41 Å². The molecule has 9 nitrogen and oxygen atoms in total. The number of aromatic nitrogens is 2. The largest absolute Gasteiger partial charge is 0.495 e. The fraction of sp³-hybridized carbons (Fsp3) is 0.679. The van der Waals surface area contributed by atoms with Crippen molar-refractivity contribution < 1.29 is 28.4 Å². The first-order valence-corrected chi connectivity index (χ1v) is 13.6. The lowest BCUT2D eigenvalue weighted by Crippen LogP contribution is -2.63. The molecule has 0 N–H and O–H groups in total. The number of nitrogens with zero attached hydrogens (tertiary/aromatic N) is 3. The zero-order valence-corrected chi connectivity index (χ0v) is 23.9. The van der Waals surface area contributed by atoms with E-state index in [0.29, 0.717) is 19.7 Å². The molecule has 3 aliphatic rings. The van der Waals surface area contributed by atoms with E-state index in [0.717, 1.165) is 34.9 Å². The van der Waals surface area contributed by atoms with Gasteiger partial charge in [0.05, 0.1) is 29.0 Å². The van der Waals surface area contributed by atoms with E-state index in [1.54, 1.807) is 16.5 Å². The Hall–Kier alpha value is -2.59. The SMILES string of the molecule is CCOC(=O)Cn1nc(C2CC3(C2)CN(C(=O)OC(C)(C)C)C3)c2c(B3OC(C)(C)C(C)(C)O3)cccc21. The summed E-state index contributed by atoms with van der Waals surface area (Å²) in [4.78, 5) is 26.7. The molecule has 0 radical (unpaired) electrons. The lowest BCUT2D eigenvalue weighted by atomic mass is 9.56. The number of likely N-dealkylation sites (tertiary alicyclic amines) is 1. The Morgan fingerprint density at radius 1 is 1.11 bits per heavy atom. The van der Waals surface area contributed by atoms with E-state index in [9.17, 15) is 9.59 Å². The number of fused-ring (bicyclic) bond motifs is 1. The number of amides is 1. The zero-order valence-electron chi connectivity index (χ0n) is 23.9. The summed E-state index contributed by atoms with van der Waals surface area (Å²) in [5.74, 6) is -0.105. The molecule has 206 valence electrons. The average Bonchev–Trinajstić information content (AvgIpc) is 3.18. The van der Waals surface area contributed by atoms with Crippen LogP contribution in [0.3, 0.4) is 0 Å². The Morgan fingerprint density at radius 2 is 1.74 bits per heavy atom. The molecule has 3 fully saturated rings. The monoisotopic (exact) mass is 525 g/mol. The molecule has 2 aliphatic heterocycles. The summed E-state index contributed by atoms with van der Waals surface area (Å²) in [6, 6.07) is 5.98. The number of carbonyl (C=O) groups is 2. The normalized spacial score (nSPS) is 21.9. The summed E-state index contributed by atoms with van der Waals surface area (Å²) < 4.78 is 25.3. The molecule has 1 spiro atoms. The van der Waals surface area contributed by atoms with Crippen molar-refractivity contribution in [3.8, 4) is 0 Å². The topological polar surface area (TPSA) is 92.1 Å². The fourth-order valence-electron chi connectivity index (χ4n) is 5.84. The van der Waals surface area contributed by atoms with Gasteiger partial charge in [-0.25, -0.2) is 4.79 Å². The van der Waals surface area contributed by atoms with E-state index < -0.39 is 23.9 Å². The minimum Gasteiger partial charge on any atom is -0.465 e. The second-order valence-electron chi connectivity index (χ2n) is 13.1. The van der Waals surface area contributed by atoms with Gasteiger partial charge < -0.3 is 23.7 Å². The molecule has 1 aromatic carbocycles. The van der Waals surface area contributed by atoms with E-state index in [4.69, 9.17) is 23.9 Å². The average molecular weight is 525 g/mol. The van der Waals surface area contributed by atoms with Gasteiger partial charge in [-0.2, -0.15) is 5.10 Å². The van der Waals surface area contributed by atoms with Gasteiger partial charge in [-0.05, 0) is 79.8 Å².